The van der Waals surface area contributed by atoms with Crippen LogP contribution in [0.15, 0.2) is 167 Å². The predicted octanol–water partition coefficient (Wildman–Crippen LogP) is 13.8. The number of aromatic nitrogens is 2. The Morgan fingerprint density at radius 3 is 1.46 bits per heavy atom. The van der Waals surface area contributed by atoms with Crippen molar-refractivity contribution >= 4 is 93.2 Å². The Balaban J connectivity index is 1.26. The fourth-order valence-corrected chi connectivity index (χ4v) is 9.09. The van der Waals surface area contributed by atoms with Crippen LogP contribution in [0, 0.1) is 17.9 Å². The molecule has 0 aliphatic carbocycles. The molecule has 6 heteroatoms. The Kier molecular flexibility index (Phi) is 6.10. The van der Waals surface area contributed by atoms with E-state index in [1.54, 1.807) is 0 Å². The minimum absolute atomic E-state index is 0.480. The maximum atomic E-state index is 10.9. The third-order valence-electron chi connectivity index (χ3n) is 11.4. The first-order valence-electron chi connectivity index (χ1n) is 18.4. The molecule has 0 aliphatic heterocycles. The van der Waals surface area contributed by atoms with Gasteiger partial charge in [-0.3, -0.25) is 0 Å². The van der Waals surface area contributed by atoms with Crippen LogP contribution in [0.3, 0.4) is 0 Å². The van der Waals surface area contributed by atoms with Crippen LogP contribution in [0.25, 0.3) is 115 Å². The van der Waals surface area contributed by atoms with E-state index in [-0.39, 0.29) is 0 Å². The number of fused-ring (bicyclic) bond motifs is 14. The van der Waals surface area contributed by atoms with Crippen molar-refractivity contribution in [3.05, 3.63) is 175 Å². The van der Waals surface area contributed by atoms with E-state index in [2.05, 4.69) is 92.8 Å². The average molecular weight is 715 g/mol. The van der Waals surface area contributed by atoms with E-state index < -0.39 is 0 Å². The van der Waals surface area contributed by atoms with Crippen molar-refractivity contribution in [1.29, 1.82) is 5.26 Å². The molecule has 0 radical (unpaired) electrons. The fourth-order valence-electron chi connectivity index (χ4n) is 9.09. The van der Waals surface area contributed by atoms with Crippen LogP contribution in [0.5, 0.6) is 0 Å². The van der Waals surface area contributed by atoms with Crippen LogP contribution in [0.2, 0.25) is 0 Å². The van der Waals surface area contributed by atoms with E-state index >= 15 is 0 Å². The summed E-state index contributed by atoms with van der Waals surface area (Å²) in [6.07, 6.45) is 0. The van der Waals surface area contributed by atoms with E-state index in [1.807, 2.05) is 84.9 Å². The van der Waals surface area contributed by atoms with Crippen LogP contribution in [0.4, 0.5) is 5.69 Å². The number of rotatable bonds is 3. The van der Waals surface area contributed by atoms with Gasteiger partial charge in [-0.25, -0.2) is 4.85 Å². The Hall–Kier alpha value is -8.06. The van der Waals surface area contributed by atoms with Gasteiger partial charge in [-0.1, -0.05) is 115 Å². The molecular weight excluding hydrogens is 689 g/mol. The molecule has 6 nitrogen and oxygen atoms in total. The molecule has 4 heterocycles. The summed E-state index contributed by atoms with van der Waals surface area (Å²) in [5, 5.41) is 19.2. The average Bonchev–Trinajstić information content (AvgIpc) is 4.01. The molecule has 0 spiro atoms. The smallest absolute Gasteiger partial charge is 0.211 e. The van der Waals surface area contributed by atoms with Gasteiger partial charge < -0.3 is 18.0 Å². The second kappa shape index (κ2) is 11.2. The molecule has 12 rings (SSSR count). The van der Waals surface area contributed by atoms with Crippen LogP contribution in [0.1, 0.15) is 5.56 Å². The van der Waals surface area contributed by atoms with Crippen molar-refractivity contribution < 1.29 is 8.83 Å². The van der Waals surface area contributed by atoms with E-state index in [0.717, 1.165) is 98.6 Å². The molecule has 0 saturated carbocycles. The molecule has 56 heavy (non-hydrogen) atoms. The highest BCUT2D eigenvalue weighted by molar-refractivity contribution is 6.23. The highest BCUT2D eigenvalue weighted by Gasteiger charge is 2.27. The summed E-state index contributed by atoms with van der Waals surface area (Å²) in [4.78, 5) is 4.16. The zero-order valence-electron chi connectivity index (χ0n) is 29.6. The topological polar surface area (TPSA) is 64.3 Å². The molecule has 0 amide bonds. The largest absolute Gasteiger partial charge is 0.454 e. The Morgan fingerprint density at radius 1 is 0.446 bits per heavy atom. The number of hydrogen-bond acceptors (Lipinski definition) is 3. The fraction of sp³-hybridized carbons (Fsp3) is 0. The zero-order valence-corrected chi connectivity index (χ0v) is 29.6. The molecule has 0 atom stereocenters. The molecule has 258 valence electrons. The monoisotopic (exact) mass is 714 g/mol. The zero-order chi connectivity index (χ0) is 37.1. The second-order valence-electron chi connectivity index (χ2n) is 14.2. The van der Waals surface area contributed by atoms with Gasteiger partial charge >= 0.3 is 0 Å². The number of hydrogen-bond donors (Lipinski definition) is 0. The van der Waals surface area contributed by atoms with Crippen molar-refractivity contribution in [3.63, 3.8) is 0 Å². The maximum Gasteiger partial charge on any atom is 0.211 e. The van der Waals surface area contributed by atoms with Crippen molar-refractivity contribution in [2.24, 2.45) is 0 Å². The summed E-state index contributed by atoms with van der Waals surface area (Å²) in [5.41, 5.74) is 10.8. The number of nitrogens with zero attached hydrogens (tertiary/aromatic N) is 4. The number of furan rings is 2. The third kappa shape index (κ3) is 3.92. The standard InChI is InChI=1S/C50H26N4O2/c1-52-40-19-11-18-35(46(40)54-42-21-7-3-14-31(42)37-25-27-39-33-16-5-9-23-44(33)56-50(39)48(37)54)34-17-10-12-29(28-51)45(34)53-41-20-6-2-13-30(41)36-24-26-38-32-15-4-8-22-43(32)55-49(38)47(36)53/h2-27H. The number of nitriles is 1. The van der Waals surface area contributed by atoms with Crippen molar-refractivity contribution in [3.8, 4) is 28.6 Å². The lowest BCUT2D eigenvalue weighted by Gasteiger charge is -2.20. The lowest BCUT2D eigenvalue weighted by molar-refractivity contribution is 0.670. The molecule has 0 fully saturated rings. The van der Waals surface area contributed by atoms with Crippen molar-refractivity contribution in [1.82, 2.24) is 9.13 Å². The maximum absolute atomic E-state index is 10.9. The summed E-state index contributed by atoms with van der Waals surface area (Å²) in [5.74, 6) is 0. The molecule has 4 aromatic heterocycles. The SMILES string of the molecule is [C-]#[N+]c1cccc(-c2cccc(C#N)c2-n2c3ccccc3c3ccc4c5ccccc5oc4c32)c1-n1c2ccccc2c2ccc3c4ccccc4oc3c21. The summed E-state index contributed by atoms with van der Waals surface area (Å²) >= 11 is 0. The highest BCUT2D eigenvalue weighted by Crippen LogP contribution is 2.48. The van der Waals surface area contributed by atoms with Gasteiger partial charge in [0, 0.05) is 48.7 Å². The predicted molar refractivity (Wildman–Crippen MR) is 226 cm³/mol. The highest BCUT2D eigenvalue weighted by atomic mass is 16.3. The van der Waals surface area contributed by atoms with E-state index in [9.17, 15) is 5.26 Å². The van der Waals surface area contributed by atoms with E-state index in [4.69, 9.17) is 15.4 Å². The lowest BCUT2D eigenvalue weighted by atomic mass is 9.97. The van der Waals surface area contributed by atoms with Gasteiger partial charge in [0.05, 0.1) is 45.6 Å². The van der Waals surface area contributed by atoms with Gasteiger partial charge in [-0.15, -0.1) is 0 Å². The first kappa shape index (κ1) is 30.4. The Bertz CT molecular complexity index is 3500. The minimum atomic E-state index is 0.480. The van der Waals surface area contributed by atoms with Crippen LogP contribution >= 0.6 is 0 Å². The van der Waals surface area contributed by atoms with Crippen LogP contribution in [-0.2, 0) is 0 Å². The molecule has 0 unspecified atom stereocenters. The minimum Gasteiger partial charge on any atom is -0.454 e. The van der Waals surface area contributed by atoms with Gasteiger partial charge in [-0.05, 0) is 48.0 Å². The first-order valence-corrected chi connectivity index (χ1v) is 18.4. The molecule has 0 N–H and O–H groups in total. The molecule has 8 aromatic carbocycles. The van der Waals surface area contributed by atoms with E-state index in [0.29, 0.717) is 22.6 Å². The van der Waals surface area contributed by atoms with Crippen molar-refractivity contribution in [2.75, 3.05) is 0 Å². The summed E-state index contributed by atoms with van der Waals surface area (Å²) in [6, 6.07) is 55.7. The van der Waals surface area contributed by atoms with Gasteiger partial charge in [0.25, 0.3) is 0 Å². The van der Waals surface area contributed by atoms with Crippen molar-refractivity contribution in [2.45, 2.75) is 0 Å². The first-order chi connectivity index (χ1) is 27.7. The van der Waals surface area contributed by atoms with Gasteiger partial charge in [0.1, 0.15) is 17.2 Å². The van der Waals surface area contributed by atoms with Gasteiger partial charge in [0.15, 0.2) is 11.2 Å². The quantitative estimate of drug-likeness (QED) is 0.171. The Morgan fingerprint density at radius 2 is 0.911 bits per heavy atom. The summed E-state index contributed by atoms with van der Waals surface area (Å²) in [6.45, 7) is 8.56. The molecular formula is C50H26N4O2. The summed E-state index contributed by atoms with van der Waals surface area (Å²) < 4.78 is 17.8. The second-order valence-corrected chi connectivity index (χ2v) is 14.2. The van der Waals surface area contributed by atoms with Crippen LogP contribution in [-0.4, -0.2) is 9.13 Å². The Labute approximate surface area is 318 Å². The molecule has 0 bridgehead atoms. The summed E-state index contributed by atoms with van der Waals surface area (Å²) in [7, 11) is 0. The normalized spacial score (nSPS) is 11.9. The number of benzene rings is 8. The molecule has 0 aliphatic rings. The third-order valence-corrected chi connectivity index (χ3v) is 11.4. The van der Waals surface area contributed by atoms with Gasteiger partial charge in [-0.2, -0.15) is 5.26 Å². The molecule has 0 saturated heterocycles. The molecule has 12 aromatic rings. The lowest BCUT2D eigenvalue weighted by Crippen LogP contribution is -2.04. The van der Waals surface area contributed by atoms with Gasteiger partial charge in [0.2, 0.25) is 5.69 Å². The van der Waals surface area contributed by atoms with E-state index in [1.165, 1.54) is 0 Å². The number of para-hydroxylation sites is 6. The van der Waals surface area contributed by atoms with Crippen LogP contribution < -0.4 is 0 Å².